The number of amides is 2. The van der Waals surface area contributed by atoms with Gasteiger partial charge in [-0.3, -0.25) is 0 Å². The molecule has 2 amide bonds. The van der Waals surface area contributed by atoms with Gasteiger partial charge in [0, 0.05) is 38.1 Å². The van der Waals surface area contributed by atoms with E-state index in [4.69, 9.17) is 0 Å². The first-order chi connectivity index (χ1) is 12.2. The zero-order valence-corrected chi connectivity index (χ0v) is 14.8. The lowest BCUT2D eigenvalue weighted by Crippen LogP contribution is -2.50. The van der Waals surface area contributed by atoms with E-state index in [-0.39, 0.29) is 6.03 Å². The van der Waals surface area contributed by atoms with Gasteiger partial charge in [-0.25, -0.2) is 14.8 Å². The number of aromatic nitrogens is 2. The van der Waals surface area contributed by atoms with Crippen molar-refractivity contribution in [2.45, 2.75) is 6.92 Å². The highest BCUT2D eigenvalue weighted by Gasteiger charge is 2.23. The highest BCUT2D eigenvalue weighted by atomic mass is 32.1. The lowest BCUT2D eigenvalue weighted by molar-refractivity contribution is 0.208. The fourth-order valence-electron chi connectivity index (χ4n) is 2.92. The molecule has 0 bridgehead atoms. The van der Waals surface area contributed by atoms with Crippen LogP contribution in [0.2, 0.25) is 0 Å². The van der Waals surface area contributed by atoms with Gasteiger partial charge in [0.25, 0.3) is 0 Å². The van der Waals surface area contributed by atoms with Crippen molar-refractivity contribution in [3.05, 3.63) is 48.2 Å². The third kappa shape index (κ3) is 3.41. The summed E-state index contributed by atoms with van der Waals surface area (Å²) in [5, 5.41) is 3.95. The molecule has 0 unspecified atom stereocenters. The average molecular weight is 353 g/mol. The smallest absolute Gasteiger partial charge is 0.321 e. The Morgan fingerprint density at radius 2 is 2.00 bits per heavy atom. The van der Waals surface area contributed by atoms with Crippen LogP contribution in [0, 0.1) is 6.92 Å². The molecule has 0 saturated carbocycles. The minimum atomic E-state index is -0.0452. The predicted molar refractivity (Wildman–Crippen MR) is 101 cm³/mol. The molecule has 1 fully saturated rings. The molecule has 1 aliphatic rings. The van der Waals surface area contributed by atoms with E-state index >= 15 is 0 Å². The van der Waals surface area contributed by atoms with Crippen LogP contribution in [0.5, 0.6) is 0 Å². The molecule has 2 aromatic heterocycles. The van der Waals surface area contributed by atoms with Crippen LogP contribution in [-0.4, -0.2) is 47.1 Å². The third-order valence-electron chi connectivity index (χ3n) is 4.26. The third-order valence-corrected chi connectivity index (χ3v) is 5.30. The van der Waals surface area contributed by atoms with Crippen molar-refractivity contribution in [2.75, 3.05) is 36.4 Å². The van der Waals surface area contributed by atoms with Gasteiger partial charge in [0.15, 0.2) is 5.13 Å². The van der Waals surface area contributed by atoms with E-state index in [1.807, 2.05) is 48.2 Å². The van der Waals surface area contributed by atoms with Gasteiger partial charge in [0.05, 0.1) is 0 Å². The number of nitrogens with one attached hydrogen (secondary N) is 1. The lowest BCUT2D eigenvalue weighted by Gasteiger charge is -2.34. The van der Waals surface area contributed by atoms with Crippen molar-refractivity contribution >= 4 is 38.5 Å². The molecule has 0 aliphatic carbocycles. The maximum atomic E-state index is 12.4. The van der Waals surface area contributed by atoms with E-state index in [1.165, 1.54) is 0 Å². The van der Waals surface area contributed by atoms with E-state index in [1.54, 1.807) is 17.5 Å². The summed E-state index contributed by atoms with van der Waals surface area (Å²) >= 11 is 1.60. The highest BCUT2D eigenvalue weighted by molar-refractivity contribution is 7.21. The molecule has 1 aromatic carbocycles. The number of rotatable bonds is 2. The summed E-state index contributed by atoms with van der Waals surface area (Å²) in [5.41, 5.74) is 2.90. The number of carbonyl (C=O) groups is 1. The number of hydrogen-bond acceptors (Lipinski definition) is 5. The van der Waals surface area contributed by atoms with E-state index in [0.29, 0.717) is 13.1 Å². The summed E-state index contributed by atoms with van der Waals surface area (Å²) in [6.45, 7) is 4.94. The predicted octanol–water partition coefficient (Wildman–Crippen LogP) is 3.35. The largest absolute Gasteiger partial charge is 0.344 e. The minimum absolute atomic E-state index is 0.0452. The standard InChI is InChI=1S/C18H19N5OS/c1-13-4-2-5-14(12-13)20-17(24)22-8-10-23(11-9-22)18-21-15-6-3-7-19-16(15)25-18/h2-7,12H,8-11H2,1H3,(H,20,24). The fourth-order valence-corrected chi connectivity index (χ4v) is 3.88. The van der Waals surface area contributed by atoms with Gasteiger partial charge >= 0.3 is 6.03 Å². The number of fused-ring (bicyclic) bond motifs is 1. The first kappa shape index (κ1) is 15.8. The number of benzene rings is 1. The topological polar surface area (TPSA) is 61.4 Å². The summed E-state index contributed by atoms with van der Waals surface area (Å²) < 4.78 is 0. The monoisotopic (exact) mass is 353 g/mol. The van der Waals surface area contributed by atoms with Crippen LogP contribution in [-0.2, 0) is 0 Å². The van der Waals surface area contributed by atoms with Crippen LogP contribution < -0.4 is 10.2 Å². The number of nitrogens with zero attached hydrogens (tertiary/aromatic N) is 4. The van der Waals surface area contributed by atoms with E-state index < -0.39 is 0 Å². The van der Waals surface area contributed by atoms with Crippen molar-refractivity contribution in [3.63, 3.8) is 0 Å². The molecule has 128 valence electrons. The highest BCUT2D eigenvalue weighted by Crippen LogP contribution is 2.27. The number of carbonyl (C=O) groups excluding carboxylic acids is 1. The molecule has 7 heteroatoms. The Balaban J connectivity index is 1.38. The zero-order valence-electron chi connectivity index (χ0n) is 14.0. The molecule has 1 N–H and O–H groups in total. The Labute approximate surface area is 150 Å². The van der Waals surface area contributed by atoms with E-state index in [9.17, 15) is 4.79 Å². The van der Waals surface area contributed by atoms with Gasteiger partial charge in [0.1, 0.15) is 10.3 Å². The van der Waals surface area contributed by atoms with Gasteiger partial charge in [-0.1, -0.05) is 23.5 Å². The number of urea groups is 1. The van der Waals surface area contributed by atoms with Gasteiger partial charge < -0.3 is 15.1 Å². The van der Waals surface area contributed by atoms with Crippen molar-refractivity contribution in [2.24, 2.45) is 0 Å². The van der Waals surface area contributed by atoms with Crippen molar-refractivity contribution in [3.8, 4) is 0 Å². The molecule has 3 heterocycles. The van der Waals surface area contributed by atoms with Gasteiger partial charge in [-0.2, -0.15) is 0 Å². The minimum Gasteiger partial charge on any atom is -0.344 e. The molecule has 0 spiro atoms. The summed E-state index contributed by atoms with van der Waals surface area (Å²) in [4.78, 5) is 26.5. The molecule has 3 aromatic rings. The van der Waals surface area contributed by atoms with Crippen molar-refractivity contribution < 1.29 is 4.79 Å². The van der Waals surface area contributed by atoms with E-state index in [0.717, 1.165) is 39.8 Å². The normalized spacial score (nSPS) is 14.8. The first-order valence-corrected chi connectivity index (χ1v) is 9.10. The quantitative estimate of drug-likeness (QED) is 0.767. The van der Waals surface area contributed by atoms with Crippen molar-refractivity contribution in [1.29, 1.82) is 0 Å². The molecule has 25 heavy (non-hydrogen) atoms. The Morgan fingerprint density at radius 1 is 1.16 bits per heavy atom. The number of pyridine rings is 1. The number of aryl methyl sites for hydroxylation is 1. The van der Waals surface area contributed by atoms with Gasteiger partial charge in [0.2, 0.25) is 0 Å². The van der Waals surface area contributed by atoms with Crippen LogP contribution in [0.4, 0.5) is 15.6 Å². The SMILES string of the molecule is Cc1cccc(NC(=O)N2CCN(c3nc4cccnc4s3)CC2)c1. The molecular weight excluding hydrogens is 334 g/mol. The van der Waals surface area contributed by atoms with Crippen molar-refractivity contribution in [1.82, 2.24) is 14.9 Å². The average Bonchev–Trinajstić information content (AvgIpc) is 3.06. The second kappa shape index (κ2) is 6.68. The van der Waals surface area contributed by atoms with Crippen LogP contribution in [0.3, 0.4) is 0 Å². The van der Waals surface area contributed by atoms with Gasteiger partial charge in [-0.15, -0.1) is 0 Å². The second-order valence-corrected chi connectivity index (χ2v) is 7.05. The number of hydrogen-bond donors (Lipinski definition) is 1. The number of piperazine rings is 1. The van der Waals surface area contributed by atoms with Crippen LogP contribution in [0.15, 0.2) is 42.6 Å². The lowest BCUT2D eigenvalue weighted by atomic mass is 10.2. The maximum absolute atomic E-state index is 12.4. The molecule has 6 nitrogen and oxygen atoms in total. The molecular formula is C18H19N5OS. The van der Waals surface area contributed by atoms with Crippen LogP contribution in [0.1, 0.15) is 5.56 Å². The number of anilines is 2. The molecule has 4 rings (SSSR count). The summed E-state index contributed by atoms with van der Waals surface area (Å²) in [6.07, 6.45) is 1.79. The Kier molecular flexibility index (Phi) is 4.23. The first-order valence-electron chi connectivity index (χ1n) is 8.28. The molecule has 0 atom stereocenters. The summed E-state index contributed by atoms with van der Waals surface area (Å²) in [7, 11) is 0. The Bertz CT molecular complexity index is 868. The summed E-state index contributed by atoms with van der Waals surface area (Å²) in [6, 6.07) is 11.7. The molecule has 1 saturated heterocycles. The van der Waals surface area contributed by atoms with Crippen LogP contribution >= 0.6 is 11.3 Å². The Morgan fingerprint density at radius 3 is 2.76 bits per heavy atom. The number of thiazole rings is 1. The van der Waals surface area contributed by atoms with E-state index in [2.05, 4.69) is 20.2 Å². The molecule has 1 aliphatic heterocycles. The van der Waals surface area contributed by atoms with Crippen LogP contribution in [0.25, 0.3) is 10.3 Å². The van der Waals surface area contributed by atoms with Gasteiger partial charge in [-0.05, 0) is 36.8 Å². The molecule has 0 radical (unpaired) electrons. The maximum Gasteiger partial charge on any atom is 0.321 e. The fraction of sp³-hybridized carbons (Fsp3) is 0.278. The summed E-state index contributed by atoms with van der Waals surface area (Å²) in [5.74, 6) is 0. The zero-order chi connectivity index (χ0) is 17.2. The second-order valence-electron chi connectivity index (χ2n) is 6.10. The Hall–Kier alpha value is -2.67.